The number of amides is 1. The number of ether oxygens (including phenoxy) is 1. The molecule has 3 aromatic carbocycles. The van der Waals surface area contributed by atoms with Crippen LogP contribution in [0.25, 0.3) is 27.7 Å². The number of hydrogen-bond donors (Lipinski definition) is 1. The first-order valence-corrected chi connectivity index (χ1v) is 13.4. The van der Waals surface area contributed by atoms with E-state index in [0.29, 0.717) is 41.4 Å². The van der Waals surface area contributed by atoms with Crippen LogP contribution in [0.15, 0.2) is 90.1 Å². The number of carbonyl (C=O) groups is 1. The third-order valence-corrected chi connectivity index (χ3v) is 7.71. The van der Waals surface area contributed by atoms with Crippen molar-refractivity contribution in [3.05, 3.63) is 107 Å². The summed E-state index contributed by atoms with van der Waals surface area (Å²) in [5.41, 5.74) is 3.17. The lowest BCUT2D eigenvalue weighted by molar-refractivity contribution is 0.102. The number of pyridine rings is 2. The first kappa shape index (κ1) is 25.0. The minimum atomic E-state index is -0.593. The Hall–Kier alpha value is -5.02. The van der Waals surface area contributed by atoms with Gasteiger partial charge >= 0.3 is 0 Å². The Balaban J connectivity index is 1.46. The highest BCUT2D eigenvalue weighted by atomic mass is 19.1. The van der Waals surface area contributed by atoms with E-state index >= 15 is 4.39 Å². The summed E-state index contributed by atoms with van der Waals surface area (Å²) in [6, 6.07) is 20.2. The van der Waals surface area contributed by atoms with Gasteiger partial charge in [0.25, 0.3) is 5.91 Å². The number of piperazine rings is 1. The van der Waals surface area contributed by atoms with E-state index in [2.05, 4.69) is 15.2 Å². The molecule has 1 saturated heterocycles. The molecule has 1 amide bonds. The molecule has 7 rings (SSSR count). The summed E-state index contributed by atoms with van der Waals surface area (Å²) < 4.78 is 24.1. The van der Waals surface area contributed by atoms with Crippen LogP contribution in [0.2, 0.25) is 0 Å². The maximum atomic E-state index is 15.9. The number of anilines is 2. The highest BCUT2D eigenvalue weighted by molar-refractivity contribution is 6.07. The third-order valence-electron chi connectivity index (χ3n) is 7.71. The van der Waals surface area contributed by atoms with Crippen LogP contribution in [0.4, 0.5) is 15.8 Å². The van der Waals surface area contributed by atoms with E-state index in [1.807, 2.05) is 60.5 Å². The zero-order valence-electron chi connectivity index (χ0n) is 22.3. The second kappa shape index (κ2) is 9.87. The van der Waals surface area contributed by atoms with E-state index in [0.717, 1.165) is 24.2 Å². The van der Waals surface area contributed by atoms with Crippen LogP contribution in [-0.4, -0.2) is 53.6 Å². The van der Waals surface area contributed by atoms with Crippen molar-refractivity contribution in [2.24, 2.45) is 0 Å². The number of aromatic nitrogens is 2. The van der Waals surface area contributed by atoms with Crippen molar-refractivity contribution < 1.29 is 13.9 Å². The lowest BCUT2D eigenvalue weighted by Crippen LogP contribution is -2.45. The maximum absolute atomic E-state index is 15.9. The summed E-state index contributed by atoms with van der Waals surface area (Å²) in [6.07, 6.45) is 4.63. The predicted octanol–water partition coefficient (Wildman–Crippen LogP) is 5.30. The first-order chi connectivity index (χ1) is 20.0. The van der Waals surface area contributed by atoms with Gasteiger partial charge in [0.05, 0.1) is 11.1 Å². The molecule has 2 aliphatic heterocycles. The molecular weight excluding hydrogens is 521 g/mol. The van der Waals surface area contributed by atoms with Crippen molar-refractivity contribution in [2.45, 2.75) is 0 Å². The lowest BCUT2D eigenvalue weighted by atomic mass is 10.0. The molecule has 0 bridgehead atoms. The van der Waals surface area contributed by atoms with Gasteiger partial charge in [-0.1, -0.05) is 36.4 Å². The quantitative estimate of drug-likeness (QED) is 0.323. The van der Waals surface area contributed by atoms with E-state index in [-0.39, 0.29) is 16.7 Å². The summed E-state index contributed by atoms with van der Waals surface area (Å²) >= 11 is 0. The Labute approximate surface area is 235 Å². The maximum Gasteiger partial charge on any atom is 0.261 e. The minimum Gasteiger partial charge on any atom is -0.451 e. The Morgan fingerprint density at radius 1 is 0.951 bits per heavy atom. The molecule has 5 aromatic rings. The van der Waals surface area contributed by atoms with E-state index in [9.17, 15) is 9.59 Å². The van der Waals surface area contributed by atoms with E-state index in [1.54, 1.807) is 29.1 Å². The van der Waals surface area contributed by atoms with Crippen LogP contribution in [0, 0.1) is 5.82 Å². The molecule has 0 saturated carbocycles. The number of benzene rings is 3. The second-order valence-corrected chi connectivity index (χ2v) is 10.3. The van der Waals surface area contributed by atoms with Gasteiger partial charge in [0, 0.05) is 50.5 Å². The Morgan fingerprint density at radius 2 is 1.71 bits per heavy atom. The third kappa shape index (κ3) is 4.31. The normalized spacial score (nSPS) is 14.4. The molecule has 0 aliphatic carbocycles. The fourth-order valence-electron chi connectivity index (χ4n) is 5.53. The average molecular weight is 548 g/mol. The van der Waals surface area contributed by atoms with Gasteiger partial charge < -0.3 is 24.4 Å². The fourth-order valence-corrected chi connectivity index (χ4v) is 5.53. The van der Waals surface area contributed by atoms with Gasteiger partial charge in [-0.05, 0) is 48.5 Å². The lowest BCUT2D eigenvalue weighted by Gasteiger charge is -2.36. The summed E-state index contributed by atoms with van der Waals surface area (Å²) in [4.78, 5) is 35.3. The highest BCUT2D eigenvalue weighted by Crippen LogP contribution is 2.47. The second-order valence-electron chi connectivity index (χ2n) is 10.3. The number of likely N-dealkylation sites (N-methyl/N-ethyl adjacent to an activating group) is 1. The van der Waals surface area contributed by atoms with Crippen molar-refractivity contribution >= 4 is 28.2 Å². The van der Waals surface area contributed by atoms with Crippen molar-refractivity contribution in [3.8, 4) is 28.3 Å². The topological polar surface area (TPSA) is 79.7 Å². The molecule has 0 radical (unpaired) electrons. The van der Waals surface area contributed by atoms with Crippen LogP contribution >= 0.6 is 0 Å². The number of nitrogens with zero attached hydrogens (tertiary/aromatic N) is 4. The Kier molecular flexibility index (Phi) is 6.01. The highest BCUT2D eigenvalue weighted by Gasteiger charge is 2.31. The average Bonchev–Trinajstić information content (AvgIpc) is 3.00. The summed E-state index contributed by atoms with van der Waals surface area (Å²) in [6.45, 7) is 2.78. The zero-order valence-corrected chi connectivity index (χ0v) is 22.3. The molecule has 8 nitrogen and oxygen atoms in total. The number of nitrogens with one attached hydrogen (secondary N) is 1. The fraction of sp³-hybridized carbons (Fsp3) is 0.156. The minimum absolute atomic E-state index is 0.0773. The molecule has 204 valence electrons. The largest absolute Gasteiger partial charge is 0.451 e. The van der Waals surface area contributed by atoms with E-state index in [4.69, 9.17) is 4.74 Å². The molecule has 2 aromatic heterocycles. The summed E-state index contributed by atoms with van der Waals surface area (Å²) in [5, 5.41) is 2.84. The molecule has 41 heavy (non-hydrogen) atoms. The van der Waals surface area contributed by atoms with Crippen LogP contribution in [0.3, 0.4) is 0 Å². The van der Waals surface area contributed by atoms with Crippen LogP contribution in [0.1, 0.15) is 10.4 Å². The van der Waals surface area contributed by atoms with Gasteiger partial charge in [-0.3, -0.25) is 14.6 Å². The smallest absolute Gasteiger partial charge is 0.261 e. The molecule has 2 aliphatic rings. The van der Waals surface area contributed by atoms with Crippen LogP contribution < -0.4 is 20.4 Å². The number of rotatable bonds is 4. The van der Waals surface area contributed by atoms with E-state index in [1.165, 1.54) is 12.3 Å². The van der Waals surface area contributed by atoms with E-state index < -0.39 is 17.2 Å². The monoisotopic (exact) mass is 547 g/mol. The molecule has 0 unspecified atom stereocenters. The standard InChI is InChI=1S/C32H26FN5O3/c1-36-13-15-37(16-14-36)29-25(33)18-23-28-31(29)41-27-8-7-21(20-5-3-2-4-6-20)17-26(27)38(28)19-24(30(23)39)32(40)35-22-9-11-34-12-10-22/h2-12,17-19H,13-16H2,1H3,(H,34,35,40). The molecule has 0 atom stereocenters. The van der Waals surface area contributed by atoms with Gasteiger partial charge in [-0.2, -0.15) is 0 Å². The number of halogens is 1. The summed E-state index contributed by atoms with van der Waals surface area (Å²) in [7, 11) is 2.03. The van der Waals surface area contributed by atoms with Crippen molar-refractivity contribution in [2.75, 3.05) is 43.4 Å². The van der Waals surface area contributed by atoms with Gasteiger partial charge in [0.1, 0.15) is 16.8 Å². The van der Waals surface area contributed by atoms with Crippen LogP contribution in [-0.2, 0) is 0 Å². The van der Waals surface area contributed by atoms with Crippen molar-refractivity contribution in [1.29, 1.82) is 0 Å². The first-order valence-electron chi connectivity index (χ1n) is 13.4. The van der Waals surface area contributed by atoms with Gasteiger partial charge in [-0.25, -0.2) is 4.39 Å². The van der Waals surface area contributed by atoms with Gasteiger partial charge in [0.15, 0.2) is 17.3 Å². The summed E-state index contributed by atoms with van der Waals surface area (Å²) in [5.74, 6) is -0.368. The number of hydrogen-bond acceptors (Lipinski definition) is 6. The molecule has 9 heteroatoms. The van der Waals surface area contributed by atoms with Crippen molar-refractivity contribution in [3.63, 3.8) is 0 Å². The predicted molar refractivity (Wildman–Crippen MR) is 157 cm³/mol. The molecule has 1 fully saturated rings. The molecule has 4 heterocycles. The molecule has 1 N–H and O–H groups in total. The number of carbonyl (C=O) groups excluding carboxylic acids is 1. The zero-order chi connectivity index (χ0) is 28.1. The Morgan fingerprint density at radius 3 is 2.46 bits per heavy atom. The molecule has 0 spiro atoms. The van der Waals surface area contributed by atoms with Crippen LogP contribution in [0.5, 0.6) is 11.5 Å². The Bertz CT molecular complexity index is 1870. The van der Waals surface area contributed by atoms with Gasteiger partial charge in [-0.15, -0.1) is 0 Å². The molecular formula is C32H26FN5O3. The SMILES string of the molecule is CN1CCN(c2c(F)cc3c(=O)c(C(=O)Nc4ccncc4)cn4c3c2Oc2ccc(-c3ccccc3)cc2-4)CC1. The van der Waals surface area contributed by atoms with Crippen molar-refractivity contribution in [1.82, 2.24) is 14.5 Å². The van der Waals surface area contributed by atoms with Gasteiger partial charge in [0.2, 0.25) is 5.43 Å². The number of fused-ring (bicyclic) bond motifs is 2.